The molecular formula is C16H14N4O2. The van der Waals surface area contributed by atoms with Gasteiger partial charge in [0.25, 0.3) is 5.91 Å². The average molecular weight is 294 g/mol. The van der Waals surface area contributed by atoms with Gasteiger partial charge in [-0.25, -0.2) is 4.98 Å². The number of hydrogen-bond donors (Lipinski definition) is 1. The monoisotopic (exact) mass is 294 g/mol. The molecule has 3 aromatic rings. The molecule has 1 fully saturated rings. The zero-order chi connectivity index (χ0) is 14.9. The molecule has 6 heteroatoms. The van der Waals surface area contributed by atoms with Gasteiger partial charge in [0.1, 0.15) is 11.4 Å². The van der Waals surface area contributed by atoms with Crippen molar-refractivity contribution in [2.45, 2.75) is 6.04 Å². The molecule has 0 bridgehead atoms. The summed E-state index contributed by atoms with van der Waals surface area (Å²) in [5, 5.41) is 4.19. The lowest BCUT2D eigenvalue weighted by Crippen LogP contribution is -2.57. The molecule has 1 amide bonds. The second-order valence-electron chi connectivity index (χ2n) is 5.29. The normalized spacial score (nSPS) is 14.8. The number of nitrogens with one attached hydrogen (secondary N) is 1. The number of amides is 1. The minimum Gasteiger partial charge on any atom is -0.451 e. The number of hydrogen-bond acceptors (Lipinski definition) is 5. The molecule has 1 saturated heterocycles. The molecule has 1 aliphatic heterocycles. The van der Waals surface area contributed by atoms with Gasteiger partial charge in [-0.15, -0.1) is 0 Å². The van der Waals surface area contributed by atoms with Gasteiger partial charge in [0.15, 0.2) is 5.76 Å². The molecule has 0 spiro atoms. The first-order valence-electron chi connectivity index (χ1n) is 7.10. The van der Waals surface area contributed by atoms with E-state index in [2.05, 4.69) is 15.3 Å². The van der Waals surface area contributed by atoms with Crippen molar-refractivity contribution >= 4 is 22.7 Å². The van der Waals surface area contributed by atoms with Crippen LogP contribution in [0.25, 0.3) is 11.0 Å². The number of benzene rings is 1. The fourth-order valence-corrected chi connectivity index (χ4v) is 2.56. The molecule has 2 aromatic heterocycles. The van der Waals surface area contributed by atoms with E-state index in [1.165, 1.54) is 0 Å². The lowest BCUT2D eigenvalue weighted by molar-refractivity contribution is 0.0594. The first kappa shape index (κ1) is 12.8. The van der Waals surface area contributed by atoms with E-state index in [1.807, 2.05) is 24.3 Å². The SMILES string of the molecule is O=C(c1cc2ccccc2o1)N1CC(Nc2cnccn2)C1. The molecule has 1 N–H and O–H groups in total. The summed E-state index contributed by atoms with van der Waals surface area (Å²) in [5.74, 6) is 1.04. The highest BCUT2D eigenvalue weighted by molar-refractivity contribution is 5.96. The maximum Gasteiger partial charge on any atom is 0.289 e. The summed E-state index contributed by atoms with van der Waals surface area (Å²) in [5.41, 5.74) is 0.737. The molecule has 4 rings (SSSR count). The standard InChI is InChI=1S/C16H14N4O2/c21-16(14-7-11-3-1-2-4-13(11)22-14)20-9-12(10-20)19-15-8-17-5-6-18-15/h1-8,12H,9-10H2,(H,18,19). The summed E-state index contributed by atoms with van der Waals surface area (Å²) >= 11 is 0. The zero-order valence-electron chi connectivity index (χ0n) is 11.8. The van der Waals surface area contributed by atoms with Crippen LogP contribution in [0.15, 0.2) is 53.3 Å². The third-order valence-corrected chi connectivity index (χ3v) is 3.72. The van der Waals surface area contributed by atoms with Gasteiger partial charge in [0.05, 0.1) is 12.2 Å². The minimum absolute atomic E-state index is 0.0756. The van der Waals surface area contributed by atoms with Gasteiger partial charge in [-0.05, 0) is 12.1 Å². The van der Waals surface area contributed by atoms with Gasteiger partial charge in [-0.2, -0.15) is 0 Å². The van der Waals surface area contributed by atoms with E-state index in [1.54, 1.807) is 29.6 Å². The topological polar surface area (TPSA) is 71.3 Å². The van der Waals surface area contributed by atoms with Gasteiger partial charge >= 0.3 is 0 Å². The number of para-hydroxylation sites is 1. The van der Waals surface area contributed by atoms with Crippen LogP contribution in [0.2, 0.25) is 0 Å². The molecule has 3 heterocycles. The summed E-state index contributed by atoms with van der Waals surface area (Å²) in [6.45, 7) is 1.26. The summed E-state index contributed by atoms with van der Waals surface area (Å²) < 4.78 is 5.61. The number of rotatable bonds is 3. The van der Waals surface area contributed by atoms with E-state index >= 15 is 0 Å². The number of fused-ring (bicyclic) bond motifs is 1. The van der Waals surface area contributed by atoms with Crippen LogP contribution in [0.5, 0.6) is 0 Å². The van der Waals surface area contributed by atoms with Gasteiger partial charge in [-0.3, -0.25) is 9.78 Å². The van der Waals surface area contributed by atoms with E-state index < -0.39 is 0 Å². The van der Waals surface area contributed by atoms with Gasteiger partial charge in [0, 0.05) is 30.9 Å². The molecular weight excluding hydrogens is 280 g/mol. The second kappa shape index (κ2) is 5.14. The van der Waals surface area contributed by atoms with Crippen molar-refractivity contribution in [1.29, 1.82) is 0 Å². The number of carbonyl (C=O) groups excluding carboxylic acids is 1. The third kappa shape index (κ3) is 2.28. The highest BCUT2D eigenvalue weighted by Crippen LogP contribution is 2.22. The molecule has 110 valence electrons. The summed E-state index contributed by atoms with van der Waals surface area (Å²) in [6.07, 6.45) is 4.94. The predicted octanol–water partition coefficient (Wildman–Crippen LogP) is 2.16. The molecule has 6 nitrogen and oxygen atoms in total. The lowest BCUT2D eigenvalue weighted by atomic mass is 10.1. The number of aromatic nitrogens is 2. The van der Waals surface area contributed by atoms with Crippen LogP contribution in [-0.2, 0) is 0 Å². The predicted molar refractivity (Wildman–Crippen MR) is 81.6 cm³/mol. The Hall–Kier alpha value is -2.89. The first-order chi connectivity index (χ1) is 10.8. The fraction of sp³-hybridized carbons (Fsp3) is 0.188. The minimum atomic E-state index is -0.0756. The van der Waals surface area contributed by atoms with Crippen molar-refractivity contribution < 1.29 is 9.21 Å². The Balaban J connectivity index is 1.41. The Kier molecular flexibility index (Phi) is 3.00. The van der Waals surface area contributed by atoms with Crippen LogP contribution in [0.3, 0.4) is 0 Å². The molecule has 0 atom stereocenters. The second-order valence-corrected chi connectivity index (χ2v) is 5.29. The largest absolute Gasteiger partial charge is 0.451 e. The van der Waals surface area contributed by atoms with Gasteiger partial charge in [-0.1, -0.05) is 18.2 Å². The zero-order valence-corrected chi connectivity index (χ0v) is 11.8. The quantitative estimate of drug-likeness (QED) is 0.801. The average Bonchev–Trinajstić information content (AvgIpc) is 2.95. The Bertz CT molecular complexity index is 776. The van der Waals surface area contributed by atoms with E-state index in [9.17, 15) is 4.79 Å². The number of carbonyl (C=O) groups is 1. The Labute approximate surface area is 126 Å². The smallest absolute Gasteiger partial charge is 0.289 e. The maximum atomic E-state index is 12.4. The van der Waals surface area contributed by atoms with Gasteiger partial charge < -0.3 is 14.6 Å². The van der Waals surface area contributed by atoms with Crippen LogP contribution >= 0.6 is 0 Å². The van der Waals surface area contributed by atoms with E-state index in [4.69, 9.17) is 4.42 Å². The van der Waals surface area contributed by atoms with E-state index in [0.717, 1.165) is 16.8 Å². The van der Waals surface area contributed by atoms with Crippen molar-refractivity contribution in [1.82, 2.24) is 14.9 Å². The molecule has 0 aliphatic carbocycles. The molecule has 22 heavy (non-hydrogen) atoms. The molecule has 0 radical (unpaired) electrons. The maximum absolute atomic E-state index is 12.4. The summed E-state index contributed by atoms with van der Waals surface area (Å²) in [4.78, 5) is 22.3. The van der Waals surface area contributed by atoms with Crippen molar-refractivity contribution in [3.05, 3.63) is 54.7 Å². The van der Waals surface area contributed by atoms with Crippen LogP contribution in [0.1, 0.15) is 10.6 Å². The van der Waals surface area contributed by atoms with E-state index in [0.29, 0.717) is 18.8 Å². The lowest BCUT2D eigenvalue weighted by Gasteiger charge is -2.39. The molecule has 1 aliphatic rings. The number of anilines is 1. The van der Waals surface area contributed by atoms with Crippen LogP contribution < -0.4 is 5.32 Å². The Morgan fingerprint density at radius 3 is 2.91 bits per heavy atom. The Morgan fingerprint density at radius 1 is 1.27 bits per heavy atom. The highest BCUT2D eigenvalue weighted by Gasteiger charge is 2.32. The summed E-state index contributed by atoms with van der Waals surface area (Å²) in [6, 6.07) is 9.61. The van der Waals surface area contributed by atoms with Crippen molar-refractivity contribution in [3.63, 3.8) is 0 Å². The van der Waals surface area contributed by atoms with E-state index in [-0.39, 0.29) is 11.9 Å². The molecule has 0 unspecified atom stereocenters. The molecule has 0 saturated carbocycles. The summed E-state index contributed by atoms with van der Waals surface area (Å²) in [7, 11) is 0. The van der Waals surface area contributed by atoms with Crippen LogP contribution in [-0.4, -0.2) is 39.9 Å². The molecule has 1 aromatic carbocycles. The number of furan rings is 1. The Morgan fingerprint density at radius 2 is 2.14 bits per heavy atom. The van der Waals surface area contributed by atoms with Crippen molar-refractivity contribution in [2.24, 2.45) is 0 Å². The fourth-order valence-electron chi connectivity index (χ4n) is 2.56. The number of likely N-dealkylation sites (tertiary alicyclic amines) is 1. The van der Waals surface area contributed by atoms with Crippen molar-refractivity contribution in [3.8, 4) is 0 Å². The van der Waals surface area contributed by atoms with Gasteiger partial charge in [0.2, 0.25) is 0 Å². The third-order valence-electron chi connectivity index (χ3n) is 3.72. The number of nitrogens with zero attached hydrogens (tertiary/aromatic N) is 3. The van der Waals surface area contributed by atoms with Crippen LogP contribution in [0.4, 0.5) is 5.82 Å². The van der Waals surface area contributed by atoms with Crippen LogP contribution in [0, 0.1) is 0 Å². The highest BCUT2D eigenvalue weighted by atomic mass is 16.3. The van der Waals surface area contributed by atoms with Crippen molar-refractivity contribution in [2.75, 3.05) is 18.4 Å². The first-order valence-corrected chi connectivity index (χ1v) is 7.10.